The molecule has 4 heteroatoms. The number of amides is 1. The van der Waals surface area contributed by atoms with E-state index in [1.54, 1.807) is 0 Å². The van der Waals surface area contributed by atoms with Crippen molar-refractivity contribution in [3.05, 3.63) is 0 Å². The number of hydrogen-bond acceptors (Lipinski definition) is 3. The van der Waals surface area contributed by atoms with Crippen LogP contribution in [-0.4, -0.2) is 48.6 Å². The van der Waals surface area contributed by atoms with Gasteiger partial charge in [0.2, 0.25) is 5.91 Å². The Morgan fingerprint density at radius 3 is 2.67 bits per heavy atom. The summed E-state index contributed by atoms with van der Waals surface area (Å²) >= 11 is 0. The third-order valence-corrected chi connectivity index (χ3v) is 3.61. The third kappa shape index (κ3) is 4.58. The van der Waals surface area contributed by atoms with E-state index in [4.69, 9.17) is 0 Å². The molecule has 1 rings (SSSR count). The average Bonchev–Trinajstić information content (AvgIpc) is 2.35. The van der Waals surface area contributed by atoms with Gasteiger partial charge in [0.25, 0.3) is 0 Å². The maximum absolute atomic E-state index is 12.1. The van der Waals surface area contributed by atoms with Gasteiger partial charge in [-0.15, -0.1) is 0 Å². The van der Waals surface area contributed by atoms with Gasteiger partial charge in [0, 0.05) is 18.6 Å². The fourth-order valence-corrected chi connectivity index (χ4v) is 2.62. The van der Waals surface area contributed by atoms with E-state index in [2.05, 4.69) is 22.5 Å². The Morgan fingerprint density at radius 1 is 1.33 bits per heavy atom. The Balaban J connectivity index is 2.55. The summed E-state index contributed by atoms with van der Waals surface area (Å²) in [6.07, 6.45) is 3.69. The monoisotopic (exact) mass is 255 g/mol. The lowest BCUT2D eigenvalue weighted by Gasteiger charge is -2.39. The molecular formula is C14H29N3O. The summed E-state index contributed by atoms with van der Waals surface area (Å²) in [5, 5.41) is 6.42. The summed E-state index contributed by atoms with van der Waals surface area (Å²) < 4.78 is 0. The van der Waals surface area contributed by atoms with Gasteiger partial charge in [-0.3, -0.25) is 9.69 Å². The molecule has 1 heterocycles. The van der Waals surface area contributed by atoms with Crippen LogP contribution in [0.3, 0.4) is 0 Å². The van der Waals surface area contributed by atoms with Gasteiger partial charge >= 0.3 is 0 Å². The quantitative estimate of drug-likeness (QED) is 0.753. The Kier molecular flexibility index (Phi) is 6.65. The van der Waals surface area contributed by atoms with Crippen LogP contribution < -0.4 is 10.6 Å². The fourth-order valence-electron chi connectivity index (χ4n) is 2.62. The van der Waals surface area contributed by atoms with E-state index in [-0.39, 0.29) is 18.0 Å². The summed E-state index contributed by atoms with van der Waals surface area (Å²) in [4.78, 5) is 14.5. The smallest absolute Gasteiger partial charge is 0.237 e. The minimum Gasteiger partial charge on any atom is -0.353 e. The van der Waals surface area contributed by atoms with E-state index in [0.717, 1.165) is 19.6 Å². The lowest BCUT2D eigenvalue weighted by Crippen LogP contribution is -2.55. The van der Waals surface area contributed by atoms with Crippen molar-refractivity contribution in [2.24, 2.45) is 0 Å². The molecule has 2 N–H and O–H groups in total. The van der Waals surface area contributed by atoms with Crippen LogP contribution in [0, 0.1) is 0 Å². The Morgan fingerprint density at radius 2 is 2.06 bits per heavy atom. The van der Waals surface area contributed by atoms with E-state index in [1.807, 2.05) is 20.8 Å². The molecule has 1 amide bonds. The van der Waals surface area contributed by atoms with Gasteiger partial charge in [0.15, 0.2) is 0 Å². The van der Waals surface area contributed by atoms with Crippen molar-refractivity contribution < 1.29 is 4.79 Å². The number of piperidine rings is 1. The zero-order valence-electron chi connectivity index (χ0n) is 12.3. The van der Waals surface area contributed by atoms with E-state index in [1.165, 1.54) is 19.3 Å². The summed E-state index contributed by atoms with van der Waals surface area (Å²) in [7, 11) is 0. The lowest BCUT2D eigenvalue weighted by atomic mass is 9.99. The molecule has 2 unspecified atom stereocenters. The first-order chi connectivity index (χ1) is 8.56. The number of hydrogen-bond donors (Lipinski definition) is 2. The van der Waals surface area contributed by atoms with Crippen LogP contribution >= 0.6 is 0 Å². The molecule has 1 aliphatic rings. The Bertz CT molecular complexity index is 255. The number of carbonyl (C=O) groups excluding carboxylic acids is 1. The van der Waals surface area contributed by atoms with Crippen molar-refractivity contribution in [2.75, 3.05) is 19.6 Å². The minimum absolute atomic E-state index is 0.0173. The topological polar surface area (TPSA) is 44.4 Å². The second-order valence-electron chi connectivity index (χ2n) is 5.53. The standard InChI is InChI=1S/C14H29N3O/c1-5-15-10-13-8-6-7-9-17(13)12(4)14(18)16-11(2)3/h11-13,15H,5-10H2,1-4H3,(H,16,18). The maximum Gasteiger partial charge on any atom is 0.237 e. The second-order valence-corrected chi connectivity index (χ2v) is 5.53. The van der Waals surface area contributed by atoms with Crippen LogP contribution in [0.4, 0.5) is 0 Å². The zero-order valence-corrected chi connectivity index (χ0v) is 12.3. The summed E-state index contributed by atoms with van der Waals surface area (Å²) in [6.45, 7) is 11.2. The summed E-state index contributed by atoms with van der Waals surface area (Å²) in [5.41, 5.74) is 0. The highest BCUT2D eigenvalue weighted by atomic mass is 16.2. The molecule has 0 radical (unpaired) electrons. The molecule has 1 saturated heterocycles. The number of likely N-dealkylation sites (N-methyl/N-ethyl adjacent to an activating group) is 1. The van der Waals surface area contributed by atoms with Crippen molar-refractivity contribution in [2.45, 2.75) is 65.1 Å². The number of likely N-dealkylation sites (tertiary alicyclic amines) is 1. The van der Waals surface area contributed by atoms with Gasteiger partial charge in [-0.1, -0.05) is 13.3 Å². The first-order valence-electron chi connectivity index (χ1n) is 7.33. The molecule has 4 nitrogen and oxygen atoms in total. The molecule has 0 saturated carbocycles. The van der Waals surface area contributed by atoms with Gasteiger partial charge in [-0.2, -0.15) is 0 Å². The van der Waals surface area contributed by atoms with E-state index >= 15 is 0 Å². The van der Waals surface area contributed by atoms with E-state index in [9.17, 15) is 4.79 Å². The number of carbonyl (C=O) groups is 1. The molecule has 0 aromatic rings. The molecule has 0 spiro atoms. The van der Waals surface area contributed by atoms with Crippen LogP contribution in [0.1, 0.15) is 47.0 Å². The van der Waals surface area contributed by atoms with Gasteiger partial charge in [0.1, 0.15) is 0 Å². The number of rotatable bonds is 6. The molecular weight excluding hydrogens is 226 g/mol. The highest BCUT2D eigenvalue weighted by molar-refractivity contribution is 5.81. The molecule has 18 heavy (non-hydrogen) atoms. The Labute approximate surface area is 111 Å². The first-order valence-corrected chi connectivity index (χ1v) is 7.33. The van der Waals surface area contributed by atoms with Crippen molar-refractivity contribution in [1.82, 2.24) is 15.5 Å². The number of nitrogens with zero attached hydrogens (tertiary/aromatic N) is 1. The van der Waals surface area contributed by atoms with E-state index in [0.29, 0.717) is 6.04 Å². The SMILES string of the molecule is CCNCC1CCCCN1C(C)C(=O)NC(C)C. The molecule has 106 valence electrons. The molecule has 0 bridgehead atoms. The summed E-state index contributed by atoms with van der Waals surface area (Å²) in [5.74, 6) is 0.161. The Hall–Kier alpha value is -0.610. The van der Waals surface area contributed by atoms with Crippen LogP contribution in [0.25, 0.3) is 0 Å². The van der Waals surface area contributed by atoms with Crippen molar-refractivity contribution >= 4 is 5.91 Å². The highest BCUT2D eigenvalue weighted by Gasteiger charge is 2.29. The molecule has 0 aromatic carbocycles. The lowest BCUT2D eigenvalue weighted by molar-refractivity contribution is -0.127. The summed E-state index contributed by atoms with van der Waals surface area (Å²) in [6, 6.07) is 0.708. The minimum atomic E-state index is -0.0173. The van der Waals surface area contributed by atoms with Crippen molar-refractivity contribution in [1.29, 1.82) is 0 Å². The maximum atomic E-state index is 12.1. The van der Waals surface area contributed by atoms with Gasteiger partial charge in [-0.25, -0.2) is 0 Å². The van der Waals surface area contributed by atoms with Crippen LogP contribution in [-0.2, 0) is 4.79 Å². The van der Waals surface area contributed by atoms with Gasteiger partial charge in [0.05, 0.1) is 6.04 Å². The van der Waals surface area contributed by atoms with Crippen LogP contribution in [0.15, 0.2) is 0 Å². The van der Waals surface area contributed by atoms with Gasteiger partial charge < -0.3 is 10.6 Å². The van der Waals surface area contributed by atoms with Gasteiger partial charge in [-0.05, 0) is 46.7 Å². The number of nitrogens with one attached hydrogen (secondary N) is 2. The second kappa shape index (κ2) is 7.74. The largest absolute Gasteiger partial charge is 0.353 e. The third-order valence-electron chi connectivity index (χ3n) is 3.61. The average molecular weight is 255 g/mol. The highest BCUT2D eigenvalue weighted by Crippen LogP contribution is 2.19. The van der Waals surface area contributed by atoms with Crippen LogP contribution in [0.5, 0.6) is 0 Å². The predicted molar refractivity (Wildman–Crippen MR) is 75.6 cm³/mol. The predicted octanol–water partition coefficient (Wildman–Crippen LogP) is 1.36. The van der Waals surface area contributed by atoms with Crippen molar-refractivity contribution in [3.63, 3.8) is 0 Å². The van der Waals surface area contributed by atoms with Crippen molar-refractivity contribution in [3.8, 4) is 0 Å². The molecule has 2 atom stereocenters. The first kappa shape index (κ1) is 15.4. The molecule has 1 fully saturated rings. The molecule has 0 aliphatic carbocycles. The normalized spacial score (nSPS) is 23.1. The zero-order chi connectivity index (χ0) is 13.5. The van der Waals surface area contributed by atoms with Crippen LogP contribution in [0.2, 0.25) is 0 Å². The molecule has 1 aliphatic heterocycles. The molecule has 0 aromatic heterocycles. The fraction of sp³-hybridized carbons (Fsp3) is 0.929. The van der Waals surface area contributed by atoms with E-state index < -0.39 is 0 Å².